The van der Waals surface area contributed by atoms with Gasteiger partial charge >= 0.3 is 0 Å². The van der Waals surface area contributed by atoms with E-state index >= 15 is 0 Å². The number of aromatic nitrogens is 2. The molecule has 2 heterocycles. The van der Waals surface area contributed by atoms with Gasteiger partial charge in [-0.25, -0.2) is 4.68 Å². The third-order valence-corrected chi connectivity index (χ3v) is 6.76. The van der Waals surface area contributed by atoms with Crippen LogP contribution in [0.3, 0.4) is 0 Å². The summed E-state index contributed by atoms with van der Waals surface area (Å²) >= 11 is 0. The van der Waals surface area contributed by atoms with Crippen molar-refractivity contribution >= 4 is 0 Å². The van der Waals surface area contributed by atoms with Crippen molar-refractivity contribution in [2.45, 2.75) is 33.1 Å². The number of benzene rings is 3. The van der Waals surface area contributed by atoms with Gasteiger partial charge in [0, 0.05) is 43.0 Å². The molecule has 7 nitrogen and oxygen atoms in total. The van der Waals surface area contributed by atoms with Gasteiger partial charge in [-0.2, -0.15) is 0 Å². The maximum atomic E-state index is 13.8. The summed E-state index contributed by atoms with van der Waals surface area (Å²) in [5.74, 6) is 0.488. The second kappa shape index (κ2) is 9.44. The lowest BCUT2D eigenvalue weighted by molar-refractivity contribution is 0.122. The molecule has 35 heavy (non-hydrogen) atoms. The number of H-pyrrole nitrogens is 1. The molecular formula is C28H30N4O3. The van der Waals surface area contributed by atoms with Gasteiger partial charge in [-0.3, -0.25) is 19.7 Å². The zero-order chi connectivity index (χ0) is 24.5. The number of para-hydroxylation sites is 2. The van der Waals surface area contributed by atoms with Crippen molar-refractivity contribution < 1.29 is 10.2 Å². The predicted molar refractivity (Wildman–Crippen MR) is 136 cm³/mol. The Kier molecular flexibility index (Phi) is 6.19. The maximum Gasteiger partial charge on any atom is 0.277 e. The molecular weight excluding hydrogens is 440 g/mol. The fourth-order valence-corrected chi connectivity index (χ4v) is 4.89. The van der Waals surface area contributed by atoms with Crippen molar-refractivity contribution in [2.24, 2.45) is 0 Å². The van der Waals surface area contributed by atoms with Crippen molar-refractivity contribution in [3.05, 3.63) is 111 Å². The second-order valence-electron chi connectivity index (χ2n) is 9.20. The smallest absolute Gasteiger partial charge is 0.277 e. The predicted octanol–water partition coefficient (Wildman–Crippen LogP) is 4.21. The molecule has 1 saturated heterocycles. The maximum absolute atomic E-state index is 13.8. The minimum absolute atomic E-state index is 0.0946. The first-order valence-electron chi connectivity index (χ1n) is 11.8. The number of aromatic amines is 1. The van der Waals surface area contributed by atoms with Crippen LogP contribution >= 0.6 is 0 Å². The molecule has 0 atom stereocenters. The number of hydrogen-bond acceptors (Lipinski definition) is 5. The van der Waals surface area contributed by atoms with E-state index in [0.717, 1.165) is 41.2 Å². The van der Waals surface area contributed by atoms with E-state index < -0.39 is 0 Å². The minimum Gasteiger partial charge on any atom is -0.508 e. The first-order valence-corrected chi connectivity index (χ1v) is 11.8. The molecule has 3 aromatic carbocycles. The first-order chi connectivity index (χ1) is 16.9. The van der Waals surface area contributed by atoms with Gasteiger partial charge in [-0.15, -0.1) is 0 Å². The van der Waals surface area contributed by atoms with Gasteiger partial charge in [-0.1, -0.05) is 54.1 Å². The van der Waals surface area contributed by atoms with E-state index in [1.54, 1.807) is 28.9 Å². The Bertz CT molecular complexity index is 1330. The Hall–Kier alpha value is -3.81. The number of phenols is 2. The van der Waals surface area contributed by atoms with Gasteiger partial charge in [-0.05, 0) is 38.1 Å². The molecule has 0 bridgehead atoms. The largest absolute Gasteiger partial charge is 0.508 e. The normalized spacial score (nSPS) is 15.1. The van der Waals surface area contributed by atoms with Crippen LogP contribution in [0.2, 0.25) is 0 Å². The van der Waals surface area contributed by atoms with Crippen LogP contribution in [0.15, 0.2) is 77.6 Å². The van der Waals surface area contributed by atoms with E-state index in [1.165, 1.54) is 0 Å². The monoisotopic (exact) mass is 470 g/mol. The number of phenolic OH excluding ortho intramolecular Hbond substituents is 2. The molecule has 1 fully saturated rings. The van der Waals surface area contributed by atoms with Crippen LogP contribution < -0.4 is 5.56 Å². The Labute approximate surface area is 204 Å². The molecule has 180 valence electrons. The zero-order valence-corrected chi connectivity index (χ0v) is 20.0. The highest BCUT2D eigenvalue weighted by atomic mass is 16.3. The molecule has 5 rings (SSSR count). The number of hydrogen-bond donors (Lipinski definition) is 3. The molecule has 1 aromatic heterocycles. The molecule has 0 saturated carbocycles. The highest BCUT2D eigenvalue weighted by Gasteiger charge is 2.37. The van der Waals surface area contributed by atoms with E-state index in [0.29, 0.717) is 18.7 Å². The third kappa shape index (κ3) is 4.48. The number of rotatable bonds is 6. The van der Waals surface area contributed by atoms with Crippen molar-refractivity contribution in [2.75, 3.05) is 13.1 Å². The summed E-state index contributed by atoms with van der Waals surface area (Å²) in [6.07, 6.45) is -0.315. The molecule has 0 aliphatic carbocycles. The van der Waals surface area contributed by atoms with Crippen molar-refractivity contribution in [1.29, 1.82) is 0 Å². The van der Waals surface area contributed by atoms with E-state index in [2.05, 4.69) is 14.9 Å². The van der Waals surface area contributed by atoms with Crippen LogP contribution in [0.5, 0.6) is 11.5 Å². The fraction of sp³-hybridized carbons (Fsp3) is 0.250. The van der Waals surface area contributed by atoms with E-state index in [9.17, 15) is 15.0 Å². The molecule has 4 aromatic rings. The van der Waals surface area contributed by atoms with Crippen LogP contribution in [-0.2, 0) is 13.1 Å². The third-order valence-electron chi connectivity index (χ3n) is 6.76. The van der Waals surface area contributed by atoms with E-state index in [1.807, 2.05) is 62.4 Å². The van der Waals surface area contributed by atoms with Gasteiger partial charge < -0.3 is 10.2 Å². The number of nitrogens with zero attached hydrogens (tertiary/aromatic N) is 3. The quantitative estimate of drug-likeness (QED) is 0.393. The van der Waals surface area contributed by atoms with Crippen LogP contribution in [0.4, 0.5) is 0 Å². The lowest BCUT2D eigenvalue weighted by atomic mass is 10.1. The summed E-state index contributed by atoms with van der Waals surface area (Å²) in [7, 11) is 0. The van der Waals surface area contributed by atoms with Gasteiger partial charge in [0.15, 0.2) is 0 Å². The Morgan fingerprint density at radius 1 is 0.800 bits per heavy atom. The van der Waals surface area contributed by atoms with Gasteiger partial charge in [0.1, 0.15) is 11.5 Å². The topological polar surface area (TPSA) is 84.7 Å². The molecule has 0 spiro atoms. The Morgan fingerprint density at radius 3 is 1.83 bits per heavy atom. The average Bonchev–Trinajstić information content (AvgIpc) is 3.36. The van der Waals surface area contributed by atoms with Crippen LogP contribution in [0.25, 0.3) is 5.69 Å². The molecule has 3 N–H and O–H groups in total. The number of nitrogens with one attached hydrogen (secondary N) is 1. The lowest BCUT2D eigenvalue weighted by Crippen LogP contribution is -2.35. The van der Waals surface area contributed by atoms with Gasteiger partial charge in [0.25, 0.3) is 5.56 Å². The number of aryl methyl sites for hydroxylation is 2. The van der Waals surface area contributed by atoms with Crippen LogP contribution in [0.1, 0.15) is 34.1 Å². The van der Waals surface area contributed by atoms with Crippen molar-refractivity contribution in [1.82, 2.24) is 19.6 Å². The lowest BCUT2D eigenvalue weighted by Gasteiger charge is -2.30. The van der Waals surface area contributed by atoms with E-state index in [-0.39, 0.29) is 23.2 Å². The molecule has 1 aliphatic heterocycles. The molecule has 0 unspecified atom stereocenters. The van der Waals surface area contributed by atoms with Crippen molar-refractivity contribution in [3.8, 4) is 17.2 Å². The fourth-order valence-electron chi connectivity index (χ4n) is 4.89. The molecule has 1 aliphatic rings. The van der Waals surface area contributed by atoms with Gasteiger partial charge in [0.2, 0.25) is 0 Å². The molecule has 0 amide bonds. The number of aromatic hydroxyl groups is 2. The highest BCUT2D eigenvalue weighted by molar-refractivity contribution is 5.37. The summed E-state index contributed by atoms with van der Waals surface area (Å²) in [6, 6.07) is 22.5. The summed E-state index contributed by atoms with van der Waals surface area (Å²) in [5, 5.41) is 24.1. The molecule has 7 heteroatoms. The zero-order valence-electron chi connectivity index (χ0n) is 20.0. The summed E-state index contributed by atoms with van der Waals surface area (Å²) < 4.78 is 1.60. The summed E-state index contributed by atoms with van der Waals surface area (Å²) in [5.41, 5.74) is 4.92. The second-order valence-corrected chi connectivity index (χ2v) is 9.20. The first kappa shape index (κ1) is 23.0. The molecule has 0 radical (unpaired) electrons. The van der Waals surface area contributed by atoms with Crippen LogP contribution in [0, 0.1) is 13.8 Å². The van der Waals surface area contributed by atoms with Crippen molar-refractivity contribution in [3.63, 3.8) is 0 Å². The Morgan fingerprint density at radius 2 is 1.31 bits per heavy atom. The minimum atomic E-state index is -0.315. The van der Waals surface area contributed by atoms with Gasteiger partial charge in [0.05, 0.1) is 17.4 Å². The Balaban J connectivity index is 1.56. The SMILES string of the molecule is Cc1ccc(-n2[nH]c(C)c(C3N(Cc4ccccc4O)CCN3Cc3ccccc3O)c2=O)cc1. The average molecular weight is 471 g/mol. The van der Waals surface area contributed by atoms with E-state index in [4.69, 9.17) is 0 Å². The highest BCUT2D eigenvalue weighted by Crippen LogP contribution is 2.35. The van der Waals surface area contributed by atoms with Crippen LogP contribution in [-0.4, -0.2) is 42.9 Å². The summed E-state index contributed by atoms with van der Waals surface area (Å²) in [4.78, 5) is 18.2. The summed E-state index contributed by atoms with van der Waals surface area (Å²) in [6.45, 7) is 6.40. The standard InChI is InChI=1S/C28H30N4O3/c1-19-11-13-23(14-12-19)32-28(35)26(20(2)29-32)27-30(17-21-7-3-5-9-24(21)33)15-16-31(27)18-22-8-4-6-10-25(22)34/h3-14,27,29,33-34H,15-18H2,1-2H3.